The van der Waals surface area contributed by atoms with Crippen molar-refractivity contribution in [2.45, 2.75) is 12.5 Å². The number of nitrogen functional groups attached to an aromatic ring is 1. The predicted octanol–water partition coefficient (Wildman–Crippen LogP) is 0.985. The third-order valence-corrected chi connectivity index (χ3v) is 3.47. The van der Waals surface area contributed by atoms with E-state index in [2.05, 4.69) is 15.3 Å². The number of nitrogens with two attached hydrogens (primary N) is 1. The Balaban J connectivity index is 2.13. The summed E-state index contributed by atoms with van der Waals surface area (Å²) in [6, 6.07) is 0.455. The third-order valence-electron chi connectivity index (χ3n) is 2.31. The minimum Gasteiger partial charge on any atom is -0.479 e. The van der Waals surface area contributed by atoms with Gasteiger partial charge in [-0.1, -0.05) is 0 Å². The van der Waals surface area contributed by atoms with Crippen molar-refractivity contribution in [1.82, 2.24) is 9.97 Å². The molecule has 0 amide bonds. The molecule has 2 heterocycles. The van der Waals surface area contributed by atoms with Crippen LogP contribution in [0.1, 0.15) is 6.42 Å². The van der Waals surface area contributed by atoms with Crippen LogP contribution in [0.5, 0.6) is 5.88 Å². The average Bonchev–Trinajstić information content (AvgIpc) is 2.74. The van der Waals surface area contributed by atoms with E-state index in [-0.39, 0.29) is 0 Å². The van der Waals surface area contributed by atoms with Gasteiger partial charge in [0, 0.05) is 11.8 Å². The summed E-state index contributed by atoms with van der Waals surface area (Å²) in [5.74, 6) is 3.40. The summed E-state index contributed by atoms with van der Waals surface area (Å²) >= 11 is 1.94. The van der Waals surface area contributed by atoms with Crippen LogP contribution in [0.3, 0.4) is 0 Å². The molecule has 0 aromatic carbocycles. The first-order valence-corrected chi connectivity index (χ1v) is 5.95. The molecular weight excluding hydrogens is 212 g/mol. The second-order valence-corrected chi connectivity index (χ2v) is 4.50. The first kappa shape index (κ1) is 10.4. The molecule has 1 aliphatic heterocycles. The Morgan fingerprint density at radius 1 is 1.60 bits per heavy atom. The topological polar surface area (TPSA) is 73.1 Å². The Morgan fingerprint density at radius 3 is 3.13 bits per heavy atom. The maximum atomic E-state index is 5.85. The van der Waals surface area contributed by atoms with E-state index in [1.165, 1.54) is 12.1 Å². The van der Waals surface area contributed by atoms with Gasteiger partial charge in [-0.3, -0.25) is 0 Å². The van der Waals surface area contributed by atoms with Crippen molar-refractivity contribution in [3.63, 3.8) is 0 Å². The molecule has 15 heavy (non-hydrogen) atoms. The van der Waals surface area contributed by atoms with E-state index >= 15 is 0 Å². The lowest BCUT2D eigenvalue weighted by atomic mass is 10.2. The number of hydrogen-bond donors (Lipinski definition) is 2. The monoisotopic (exact) mass is 226 g/mol. The van der Waals surface area contributed by atoms with Gasteiger partial charge in [-0.25, -0.2) is 4.98 Å². The van der Waals surface area contributed by atoms with Gasteiger partial charge in [0.15, 0.2) is 5.82 Å². The molecule has 82 valence electrons. The van der Waals surface area contributed by atoms with Crippen molar-refractivity contribution >= 4 is 23.3 Å². The summed E-state index contributed by atoms with van der Waals surface area (Å²) in [5.41, 5.74) is 6.34. The molecule has 5 nitrogen and oxygen atoms in total. The smallest absolute Gasteiger partial charge is 0.242 e. The highest BCUT2D eigenvalue weighted by atomic mass is 32.2. The molecule has 0 radical (unpaired) electrons. The van der Waals surface area contributed by atoms with E-state index in [0.717, 1.165) is 12.2 Å². The SMILES string of the molecule is COc1ncnc(NC2CCSC2)c1N. The fourth-order valence-electron chi connectivity index (χ4n) is 1.50. The van der Waals surface area contributed by atoms with Crippen molar-refractivity contribution in [3.05, 3.63) is 6.33 Å². The molecule has 0 aliphatic carbocycles. The highest BCUT2D eigenvalue weighted by Gasteiger charge is 2.17. The first-order chi connectivity index (χ1) is 7.31. The Bertz CT molecular complexity index is 341. The second kappa shape index (κ2) is 4.57. The molecule has 0 saturated carbocycles. The van der Waals surface area contributed by atoms with Crippen LogP contribution in [0.25, 0.3) is 0 Å². The molecule has 1 aromatic heterocycles. The molecule has 6 heteroatoms. The van der Waals surface area contributed by atoms with Gasteiger partial charge in [-0.05, 0) is 12.2 Å². The van der Waals surface area contributed by atoms with E-state index in [0.29, 0.717) is 23.4 Å². The summed E-state index contributed by atoms with van der Waals surface area (Å²) in [5, 5.41) is 3.31. The van der Waals surface area contributed by atoms with Crippen LogP contribution in [-0.4, -0.2) is 34.6 Å². The van der Waals surface area contributed by atoms with E-state index in [1.807, 2.05) is 11.8 Å². The van der Waals surface area contributed by atoms with Gasteiger partial charge in [0.1, 0.15) is 12.0 Å². The van der Waals surface area contributed by atoms with Gasteiger partial charge in [0.25, 0.3) is 0 Å². The van der Waals surface area contributed by atoms with Crippen LogP contribution in [0, 0.1) is 0 Å². The molecule has 0 bridgehead atoms. The van der Waals surface area contributed by atoms with Crippen molar-refractivity contribution < 1.29 is 4.74 Å². The lowest BCUT2D eigenvalue weighted by Gasteiger charge is -2.14. The molecule has 0 spiro atoms. The van der Waals surface area contributed by atoms with Crippen molar-refractivity contribution in [2.24, 2.45) is 0 Å². The molecule has 1 unspecified atom stereocenters. The van der Waals surface area contributed by atoms with Crippen LogP contribution in [0.15, 0.2) is 6.33 Å². The summed E-state index contributed by atoms with van der Waals surface area (Å²) in [7, 11) is 1.55. The number of aromatic nitrogens is 2. The highest BCUT2D eigenvalue weighted by Crippen LogP contribution is 2.27. The maximum absolute atomic E-state index is 5.85. The minimum absolute atomic E-state index is 0.429. The highest BCUT2D eigenvalue weighted by molar-refractivity contribution is 7.99. The lowest BCUT2D eigenvalue weighted by Crippen LogP contribution is -2.20. The van der Waals surface area contributed by atoms with Gasteiger partial charge in [0.05, 0.1) is 7.11 Å². The van der Waals surface area contributed by atoms with Gasteiger partial charge in [0.2, 0.25) is 5.88 Å². The van der Waals surface area contributed by atoms with Gasteiger partial charge < -0.3 is 15.8 Å². The van der Waals surface area contributed by atoms with Crippen molar-refractivity contribution in [2.75, 3.05) is 29.7 Å². The standard InChI is InChI=1S/C9H14N4OS/c1-14-9-7(10)8(11-5-12-9)13-6-2-3-15-4-6/h5-6H,2-4,10H2,1H3,(H,11,12,13). The lowest BCUT2D eigenvalue weighted by molar-refractivity contribution is 0.399. The van der Waals surface area contributed by atoms with E-state index in [9.17, 15) is 0 Å². The average molecular weight is 226 g/mol. The minimum atomic E-state index is 0.429. The number of rotatable bonds is 3. The van der Waals surface area contributed by atoms with E-state index in [1.54, 1.807) is 7.11 Å². The maximum Gasteiger partial charge on any atom is 0.242 e. The third kappa shape index (κ3) is 2.26. The largest absolute Gasteiger partial charge is 0.479 e. The number of nitrogens with one attached hydrogen (secondary N) is 1. The fourth-order valence-corrected chi connectivity index (χ4v) is 2.65. The number of hydrogen-bond acceptors (Lipinski definition) is 6. The van der Waals surface area contributed by atoms with Gasteiger partial charge in [-0.15, -0.1) is 0 Å². The van der Waals surface area contributed by atoms with Crippen LogP contribution in [0.2, 0.25) is 0 Å². The zero-order valence-electron chi connectivity index (χ0n) is 8.56. The van der Waals surface area contributed by atoms with Crippen LogP contribution in [-0.2, 0) is 0 Å². The number of nitrogens with zero attached hydrogens (tertiary/aromatic N) is 2. The van der Waals surface area contributed by atoms with Gasteiger partial charge >= 0.3 is 0 Å². The number of anilines is 2. The summed E-state index contributed by atoms with van der Waals surface area (Å²) in [6.07, 6.45) is 2.61. The summed E-state index contributed by atoms with van der Waals surface area (Å²) in [4.78, 5) is 8.04. The van der Waals surface area contributed by atoms with E-state index in [4.69, 9.17) is 10.5 Å². The fraction of sp³-hybridized carbons (Fsp3) is 0.556. The molecular formula is C9H14N4OS. The molecule has 1 atom stereocenters. The van der Waals surface area contributed by atoms with Gasteiger partial charge in [-0.2, -0.15) is 16.7 Å². The molecule has 1 aliphatic rings. The Kier molecular flexibility index (Phi) is 3.15. The molecule has 2 rings (SSSR count). The predicted molar refractivity (Wildman–Crippen MR) is 62.3 cm³/mol. The number of methoxy groups -OCH3 is 1. The van der Waals surface area contributed by atoms with Crippen LogP contribution >= 0.6 is 11.8 Å². The zero-order valence-corrected chi connectivity index (χ0v) is 9.38. The molecule has 1 aromatic rings. The Morgan fingerprint density at radius 2 is 2.47 bits per heavy atom. The quantitative estimate of drug-likeness (QED) is 0.800. The Labute approximate surface area is 92.8 Å². The van der Waals surface area contributed by atoms with Crippen LogP contribution in [0.4, 0.5) is 11.5 Å². The summed E-state index contributed by atoms with van der Waals surface area (Å²) < 4.78 is 5.03. The number of thioether (sulfide) groups is 1. The normalized spacial score (nSPS) is 20.2. The van der Waals surface area contributed by atoms with E-state index < -0.39 is 0 Å². The molecule has 3 N–H and O–H groups in total. The molecule has 1 fully saturated rings. The summed E-state index contributed by atoms with van der Waals surface area (Å²) in [6.45, 7) is 0. The van der Waals surface area contributed by atoms with Crippen molar-refractivity contribution in [3.8, 4) is 5.88 Å². The van der Waals surface area contributed by atoms with Crippen LogP contribution < -0.4 is 15.8 Å². The second-order valence-electron chi connectivity index (χ2n) is 3.35. The zero-order chi connectivity index (χ0) is 10.7. The number of ether oxygens (including phenoxy) is 1. The molecule has 1 saturated heterocycles. The van der Waals surface area contributed by atoms with Crippen molar-refractivity contribution in [1.29, 1.82) is 0 Å². The first-order valence-electron chi connectivity index (χ1n) is 4.80. The Hall–Kier alpha value is -1.17.